The van der Waals surface area contributed by atoms with E-state index in [1.807, 2.05) is 6.92 Å². The van der Waals surface area contributed by atoms with Gasteiger partial charge < -0.3 is 4.74 Å². The van der Waals surface area contributed by atoms with Gasteiger partial charge in [0.25, 0.3) is 0 Å². The van der Waals surface area contributed by atoms with Gasteiger partial charge in [-0.2, -0.15) is 0 Å². The van der Waals surface area contributed by atoms with Gasteiger partial charge in [0.15, 0.2) is 5.78 Å². The van der Waals surface area contributed by atoms with Gasteiger partial charge in [-0.15, -0.1) is 0 Å². The van der Waals surface area contributed by atoms with Crippen LogP contribution in [0, 0.1) is 0 Å². The van der Waals surface area contributed by atoms with E-state index in [-0.39, 0.29) is 12.5 Å². The first-order valence-corrected chi connectivity index (χ1v) is 4.24. The smallest absolute Gasteiger partial charge is 0.162 e. The molecule has 0 radical (unpaired) electrons. The molecule has 0 unspecified atom stereocenters. The third kappa shape index (κ3) is 2.56. The van der Waals surface area contributed by atoms with Gasteiger partial charge in [0, 0.05) is 12.0 Å². The van der Waals surface area contributed by atoms with E-state index < -0.39 is 0 Å². The molecule has 0 heterocycles. The summed E-state index contributed by atoms with van der Waals surface area (Å²) in [4.78, 5) is 11.3. The van der Waals surface area contributed by atoms with Crippen LogP contribution in [0.5, 0.6) is 5.75 Å². The molecule has 0 aliphatic rings. The molecule has 1 aromatic rings. The Morgan fingerprint density at radius 3 is 2.92 bits per heavy atom. The van der Waals surface area contributed by atoms with Crippen molar-refractivity contribution in [2.75, 3.05) is 6.73 Å². The number of ether oxygens (including phenoxy) is 1. The highest BCUT2D eigenvalue weighted by atomic mass is 16.5. The van der Waals surface area contributed by atoms with Crippen LogP contribution in [0.4, 0.5) is 0 Å². The lowest BCUT2D eigenvalue weighted by atomic mass is 10.1. The lowest BCUT2D eigenvalue weighted by Gasteiger charge is -2.03. The molecule has 0 bridgehead atoms. The largest absolute Gasteiger partial charge is 0.479 e. The molecule has 1 rings (SSSR count). The molecule has 2 N–H and O–H groups in total. The number of ketones is 1. The maximum atomic E-state index is 11.3. The molecule has 0 amide bonds. The van der Waals surface area contributed by atoms with Crippen molar-refractivity contribution in [1.82, 2.24) is 0 Å². The molecule has 0 aliphatic carbocycles. The summed E-state index contributed by atoms with van der Waals surface area (Å²) in [6, 6.07) is 7.04. The summed E-state index contributed by atoms with van der Waals surface area (Å²) in [6.45, 7) is 1.96. The Kier molecular flexibility index (Phi) is 3.46. The predicted octanol–water partition coefficient (Wildman–Crippen LogP) is 1.57. The minimum atomic E-state index is 0.113. The number of carbonyl (C=O) groups excluding carboxylic acids is 1. The maximum absolute atomic E-state index is 11.3. The van der Waals surface area contributed by atoms with Crippen LogP contribution in [-0.4, -0.2) is 12.5 Å². The third-order valence-corrected chi connectivity index (χ3v) is 1.73. The molecule has 0 saturated heterocycles. The summed E-state index contributed by atoms with van der Waals surface area (Å²) in [5, 5.41) is 0. The summed E-state index contributed by atoms with van der Waals surface area (Å²) in [6.07, 6.45) is 0.506. The van der Waals surface area contributed by atoms with E-state index in [1.54, 1.807) is 24.3 Å². The van der Waals surface area contributed by atoms with Gasteiger partial charge >= 0.3 is 0 Å². The van der Waals surface area contributed by atoms with Crippen molar-refractivity contribution >= 4 is 5.78 Å². The van der Waals surface area contributed by atoms with Gasteiger partial charge in [-0.25, -0.2) is 0 Å². The van der Waals surface area contributed by atoms with Crippen LogP contribution in [0.2, 0.25) is 0 Å². The number of Topliss-reactive ketones (excluding diaryl/α,β-unsaturated/α-hetero) is 1. The zero-order chi connectivity index (χ0) is 9.68. The van der Waals surface area contributed by atoms with Gasteiger partial charge in [-0.3, -0.25) is 10.5 Å². The van der Waals surface area contributed by atoms with Gasteiger partial charge in [0.2, 0.25) is 0 Å². The summed E-state index contributed by atoms with van der Waals surface area (Å²) < 4.78 is 5.07. The fraction of sp³-hybridized carbons (Fsp3) is 0.300. The minimum absolute atomic E-state index is 0.113. The van der Waals surface area contributed by atoms with Crippen LogP contribution in [0.3, 0.4) is 0 Å². The Morgan fingerprint density at radius 2 is 2.31 bits per heavy atom. The number of hydrogen-bond donors (Lipinski definition) is 1. The summed E-state index contributed by atoms with van der Waals surface area (Å²) >= 11 is 0. The van der Waals surface area contributed by atoms with E-state index in [2.05, 4.69) is 0 Å². The monoisotopic (exact) mass is 179 g/mol. The highest BCUT2D eigenvalue weighted by molar-refractivity contribution is 5.96. The second-order valence-electron chi connectivity index (χ2n) is 2.62. The number of carbonyl (C=O) groups is 1. The van der Waals surface area contributed by atoms with Crippen LogP contribution in [0.15, 0.2) is 24.3 Å². The van der Waals surface area contributed by atoms with Crippen LogP contribution >= 0.6 is 0 Å². The van der Waals surface area contributed by atoms with Gasteiger partial charge in [0.05, 0.1) is 0 Å². The first-order chi connectivity index (χ1) is 6.27. The van der Waals surface area contributed by atoms with E-state index in [0.717, 1.165) is 0 Å². The summed E-state index contributed by atoms with van der Waals surface area (Å²) in [5.74, 6) is 0.754. The molecule has 70 valence electrons. The highest BCUT2D eigenvalue weighted by Gasteiger charge is 2.03. The lowest BCUT2D eigenvalue weighted by Crippen LogP contribution is -2.07. The zero-order valence-electron chi connectivity index (χ0n) is 7.62. The third-order valence-electron chi connectivity index (χ3n) is 1.73. The standard InChI is InChI=1S/C10H13NO2/c1-2-10(12)8-4-3-5-9(6-8)13-7-11/h3-6H,2,7,11H2,1H3. The van der Waals surface area contributed by atoms with Crippen molar-refractivity contribution in [3.63, 3.8) is 0 Å². The van der Waals surface area contributed by atoms with Crippen LogP contribution < -0.4 is 10.5 Å². The Labute approximate surface area is 77.5 Å². The van der Waals surface area contributed by atoms with Crippen LogP contribution in [0.1, 0.15) is 23.7 Å². The molecule has 0 saturated carbocycles. The van der Waals surface area contributed by atoms with E-state index in [4.69, 9.17) is 10.5 Å². The van der Waals surface area contributed by atoms with Crippen LogP contribution in [-0.2, 0) is 0 Å². The second kappa shape index (κ2) is 4.62. The average molecular weight is 179 g/mol. The fourth-order valence-corrected chi connectivity index (χ4v) is 1.06. The van der Waals surface area contributed by atoms with Crippen molar-refractivity contribution in [1.29, 1.82) is 0 Å². The molecular formula is C10H13NO2. The van der Waals surface area contributed by atoms with Gasteiger partial charge in [0.1, 0.15) is 12.5 Å². The molecule has 3 nitrogen and oxygen atoms in total. The molecule has 3 heteroatoms. The van der Waals surface area contributed by atoms with Crippen molar-refractivity contribution in [2.24, 2.45) is 5.73 Å². The average Bonchev–Trinajstić information content (AvgIpc) is 2.18. The van der Waals surface area contributed by atoms with E-state index >= 15 is 0 Å². The number of nitrogens with two attached hydrogens (primary N) is 1. The predicted molar refractivity (Wildman–Crippen MR) is 50.7 cm³/mol. The fourth-order valence-electron chi connectivity index (χ4n) is 1.06. The Bertz CT molecular complexity index is 297. The van der Waals surface area contributed by atoms with E-state index in [9.17, 15) is 4.79 Å². The van der Waals surface area contributed by atoms with E-state index in [1.165, 1.54) is 0 Å². The van der Waals surface area contributed by atoms with Crippen molar-refractivity contribution in [2.45, 2.75) is 13.3 Å². The second-order valence-corrected chi connectivity index (χ2v) is 2.62. The summed E-state index contributed by atoms with van der Waals surface area (Å²) in [7, 11) is 0. The van der Waals surface area contributed by atoms with Crippen molar-refractivity contribution in [3.05, 3.63) is 29.8 Å². The van der Waals surface area contributed by atoms with E-state index in [0.29, 0.717) is 17.7 Å². The number of rotatable bonds is 4. The Balaban J connectivity index is 2.85. The Hall–Kier alpha value is -1.35. The number of benzene rings is 1. The van der Waals surface area contributed by atoms with Crippen molar-refractivity contribution < 1.29 is 9.53 Å². The lowest BCUT2D eigenvalue weighted by molar-refractivity contribution is 0.0987. The first-order valence-electron chi connectivity index (χ1n) is 4.24. The molecule has 0 aromatic heterocycles. The highest BCUT2D eigenvalue weighted by Crippen LogP contribution is 2.13. The molecular weight excluding hydrogens is 166 g/mol. The zero-order valence-corrected chi connectivity index (χ0v) is 7.62. The van der Waals surface area contributed by atoms with Gasteiger partial charge in [-0.05, 0) is 12.1 Å². The van der Waals surface area contributed by atoms with Gasteiger partial charge in [-0.1, -0.05) is 19.1 Å². The normalized spacial score (nSPS) is 9.69. The van der Waals surface area contributed by atoms with Crippen molar-refractivity contribution in [3.8, 4) is 5.75 Å². The Morgan fingerprint density at radius 1 is 1.54 bits per heavy atom. The quantitative estimate of drug-likeness (QED) is 0.564. The number of hydrogen-bond acceptors (Lipinski definition) is 3. The van der Waals surface area contributed by atoms with Crippen LogP contribution in [0.25, 0.3) is 0 Å². The molecule has 13 heavy (non-hydrogen) atoms. The molecule has 0 aliphatic heterocycles. The summed E-state index contributed by atoms with van der Waals surface area (Å²) in [5.41, 5.74) is 5.89. The topological polar surface area (TPSA) is 52.3 Å². The first kappa shape index (κ1) is 9.74. The molecule has 0 spiro atoms. The SMILES string of the molecule is CCC(=O)c1cccc(OCN)c1. The molecule has 1 aromatic carbocycles. The minimum Gasteiger partial charge on any atom is -0.479 e. The molecule has 0 atom stereocenters. The molecule has 0 fully saturated rings. The maximum Gasteiger partial charge on any atom is 0.162 e.